The fourth-order valence-corrected chi connectivity index (χ4v) is 5.73. The molecule has 0 spiro atoms. The zero-order valence-electron chi connectivity index (χ0n) is 19.0. The van der Waals surface area contributed by atoms with Crippen LogP contribution in [-0.4, -0.2) is 60.9 Å². The molecular formula is C25H24ClFN4O4. The van der Waals surface area contributed by atoms with E-state index in [2.05, 4.69) is 9.97 Å². The minimum atomic E-state index is -1.24. The fourth-order valence-electron chi connectivity index (χ4n) is 5.52. The molecule has 1 amide bonds. The summed E-state index contributed by atoms with van der Waals surface area (Å²) in [5, 5.41) is 11.3. The summed E-state index contributed by atoms with van der Waals surface area (Å²) in [7, 11) is 0. The Morgan fingerprint density at radius 1 is 1.31 bits per heavy atom. The molecule has 2 fully saturated rings. The van der Waals surface area contributed by atoms with Gasteiger partial charge in [-0.3, -0.25) is 19.3 Å². The Balaban J connectivity index is 1.35. The Hall–Kier alpha value is -3.14. The summed E-state index contributed by atoms with van der Waals surface area (Å²) in [6, 6.07) is 9.29. The number of aliphatic hydroxyl groups is 1. The number of halogens is 2. The van der Waals surface area contributed by atoms with Crippen LogP contribution in [0.1, 0.15) is 41.4 Å². The normalized spacial score (nSPS) is 23.3. The minimum absolute atomic E-state index is 0.0920. The lowest BCUT2D eigenvalue weighted by atomic mass is 9.99. The average molecular weight is 499 g/mol. The number of likely N-dealkylation sites (tertiary alicyclic amines) is 1. The molecule has 1 saturated carbocycles. The summed E-state index contributed by atoms with van der Waals surface area (Å²) >= 11 is 5.96. The van der Waals surface area contributed by atoms with E-state index >= 15 is 0 Å². The van der Waals surface area contributed by atoms with Gasteiger partial charge < -0.3 is 10.1 Å². The van der Waals surface area contributed by atoms with Crippen molar-refractivity contribution in [1.82, 2.24) is 20.0 Å². The predicted octanol–water partition coefficient (Wildman–Crippen LogP) is 3.23. The number of aromatic amines is 1. The van der Waals surface area contributed by atoms with Crippen molar-refractivity contribution < 1.29 is 24.0 Å². The molecule has 0 radical (unpaired) electrons. The molecule has 5 rings (SSSR count). The highest BCUT2D eigenvalue weighted by molar-refractivity contribution is 6.30. The number of hydrogen-bond acceptors (Lipinski definition) is 6. The van der Waals surface area contributed by atoms with Gasteiger partial charge in [0.1, 0.15) is 11.2 Å². The number of carbonyl (C=O) groups excluding carboxylic acids is 3. The Bertz CT molecular complexity index is 1340. The molecule has 3 heterocycles. The van der Waals surface area contributed by atoms with Crippen molar-refractivity contribution in [3.63, 3.8) is 0 Å². The van der Waals surface area contributed by atoms with E-state index in [1.54, 1.807) is 42.6 Å². The molecule has 2 N–H and O–H groups in total. The molecular weight excluding hydrogens is 475 g/mol. The first-order valence-electron chi connectivity index (χ1n) is 11.3. The van der Waals surface area contributed by atoms with E-state index in [1.165, 1.54) is 11.8 Å². The number of Topliss-reactive ketones (excluding diaryl/α,β-unsaturated/α-hetero) is 2. The van der Waals surface area contributed by atoms with Crippen molar-refractivity contribution in [2.24, 2.45) is 5.92 Å². The molecule has 2 aromatic heterocycles. The van der Waals surface area contributed by atoms with Crippen molar-refractivity contribution in [2.45, 2.75) is 44.3 Å². The van der Waals surface area contributed by atoms with Gasteiger partial charge >= 0.3 is 0 Å². The zero-order valence-corrected chi connectivity index (χ0v) is 19.8. The molecule has 0 bridgehead atoms. The van der Waals surface area contributed by atoms with Gasteiger partial charge in [-0.25, -0.2) is 4.98 Å². The van der Waals surface area contributed by atoms with Gasteiger partial charge in [-0.05, 0) is 55.5 Å². The van der Waals surface area contributed by atoms with Crippen LogP contribution in [0.3, 0.4) is 0 Å². The molecule has 10 heteroatoms. The number of aromatic nitrogens is 2. The number of amides is 1. The van der Waals surface area contributed by atoms with Gasteiger partial charge in [0.25, 0.3) is 5.91 Å². The number of aliphatic hydroxyl groups excluding tert-OH is 1. The van der Waals surface area contributed by atoms with Crippen LogP contribution in [0, 0.1) is 5.92 Å². The molecule has 182 valence electrons. The first-order valence-corrected chi connectivity index (χ1v) is 11.7. The number of fused-ring (bicyclic) bond motifs is 2. The SMILES string of the molecule is CC(=O)c1c(CC(=O)[C@@H]2C[C@H]3C[C@@]3(C(=O)N(F)Cc3cccc(Cl)c3)N2CO)[nH]c2ncccc12. The van der Waals surface area contributed by atoms with Crippen LogP contribution in [0.2, 0.25) is 5.02 Å². The predicted molar refractivity (Wildman–Crippen MR) is 126 cm³/mol. The van der Waals surface area contributed by atoms with E-state index in [0.717, 1.165) is 0 Å². The summed E-state index contributed by atoms with van der Waals surface area (Å²) in [6.45, 7) is 0.588. The van der Waals surface area contributed by atoms with Crippen LogP contribution in [-0.2, 0) is 22.6 Å². The summed E-state index contributed by atoms with van der Waals surface area (Å²) in [5.41, 5.74) is 0.653. The van der Waals surface area contributed by atoms with E-state index in [0.29, 0.717) is 45.7 Å². The van der Waals surface area contributed by atoms with Crippen LogP contribution in [0.5, 0.6) is 0 Å². The van der Waals surface area contributed by atoms with E-state index in [1.807, 2.05) is 0 Å². The number of hydrogen-bond donors (Lipinski definition) is 2. The average Bonchev–Trinajstić information content (AvgIpc) is 3.27. The second-order valence-corrected chi connectivity index (χ2v) is 9.66. The van der Waals surface area contributed by atoms with Gasteiger partial charge in [0, 0.05) is 34.3 Å². The number of carbonyl (C=O) groups is 3. The molecule has 1 aliphatic heterocycles. The summed E-state index contributed by atoms with van der Waals surface area (Å²) < 4.78 is 15.0. The highest BCUT2D eigenvalue weighted by Gasteiger charge is 2.71. The van der Waals surface area contributed by atoms with Gasteiger partial charge in [-0.2, -0.15) is 5.12 Å². The van der Waals surface area contributed by atoms with Crippen molar-refractivity contribution in [3.05, 3.63) is 64.4 Å². The number of pyridine rings is 1. The summed E-state index contributed by atoms with van der Waals surface area (Å²) in [5.74, 6) is -1.45. The molecule has 35 heavy (non-hydrogen) atoms. The second-order valence-electron chi connectivity index (χ2n) is 9.22. The van der Waals surface area contributed by atoms with Crippen LogP contribution < -0.4 is 0 Å². The third-order valence-corrected chi connectivity index (χ3v) is 7.38. The number of ketones is 2. The van der Waals surface area contributed by atoms with E-state index < -0.39 is 24.2 Å². The van der Waals surface area contributed by atoms with Crippen molar-refractivity contribution >= 4 is 40.1 Å². The maximum atomic E-state index is 15.0. The third-order valence-electron chi connectivity index (χ3n) is 7.15. The lowest BCUT2D eigenvalue weighted by molar-refractivity contribution is -0.159. The maximum absolute atomic E-state index is 15.0. The summed E-state index contributed by atoms with van der Waals surface area (Å²) in [4.78, 5) is 47.5. The number of H-pyrrole nitrogens is 1. The largest absolute Gasteiger partial charge is 0.381 e. The highest BCUT2D eigenvalue weighted by Crippen LogP contribution is 2.59. The van der Waals surface area contributed by atoms with E-state index in [-0.39, 0.29) is 35.6 Å². The number of piperidine rings is 1. The molecule has 8 nitrogen and oxygen atoms in total. The number of nitrogens with zero attached hydrogens (tertiary/aromatic N) is 3. The van der Waals surface area contributed by atoms with Crippen LogP contribution in [0.25, 0.3) is 11.0 Å². The van der Waals surface area contributed by atoms with Gasteiger partial charge in [0.15, 0.2) is 11.6 Å². The van der Waals surface area contributed by atoms with Crippen molar-refractivity contribution in [2.75, 3.05) is 6.73 Å². The molecule has 3 aromatic rings. The Labute approximate surface area is 205 Å². The molecule has 3 atom stereocenters. The lowest BCUT2D eigenvalue weighted by Gasteiger charge is -2.31. The molecule has 1 aliphatic carbocycles. The molecule has 1 aromatic carbocycles. The second kappa shape index (κ2) is 8.82. The minimum Gasteiger partial charge on any atom is -0.381 e. The Morgan fingerprint density at radius 2 is 2.11 bits per heavy atom. The quantitative estimate of drug-likeness (QED) is 0.365. The molecule has 1 saturated heterocycles. The molecule has 2 aliphatic rings. The molecule has 0 unspecified atom stereocenters. The Morgan fingerprint density at radius 3 is 2.83 bits per heavy atom. The standard InChI is InChI=1S/C25H24ClFN4O4/c1-14(33)22-18-6-3-7-28-23(18)29-19(22)10-21(34)20-9-16-11-25(16,30(20)13-32)24(35)31(27)12-15-4-2-5-17(26)8-15/h2-8,16,20,32H,9-13H2,1H3,(H,28,29)/t16-,20-,25+/m0/s1. The summed E-state index contributed by atoms with van der Waals surface area (Å²) in [6.07, 6.45) is 2.21. The van der Waals surface area contributed by atoms with Gasteiger partial charge in [-0.15, -0.1) is 0 Å². The van der Waals surface area contributed by atoms with E-state index in [4.69, 9.17) is 11.6 Å². The fraction of sp³-hybridized carbons (Fsp3) is 0.360. The van der Waals surface area contributed by atoms with Gasteiger partial charge in [0.05, 0.1) is 19.3 Å². The maximum Gasteiger partial charge on any atom is 0.271 e. The van der Waals surface area contributed by atoms with Gasteiger partial charge in [-0.1, -0.05) is 28.2 Å². The third kappa shape index (κ3) is 3.93. The van der Waals surface area contributed by atoms with Crippen LogP contribution in [0.4, 0.5) is 4.48 Å². The first-order chi connectivity index (χ1) is 16.8. The number of nitrogens with one attached hydrogen (secondary N) is 1. The van der Waals surface area contributed by atoms with Crippen molar-refractivity contribution in [3.8, 4) is 0 Å². The first kappa shape index (κ1) is 23.6. The number of benzene rings is 1. The van der Waals surface area contributed by atoms with E-state index in [9.17, 15) is 24.0 Å². The topological polar surface area (TPSA) is 107 Å². The highest BCUT2D eigenvalue weighted by atomic mass is 35.5. The lowest BCUT2D eigenvalue weighted by Crippen LogP contribution is -2.52. The smallest absolute Gasteiger partial charge is 0.271 e. The monoisotopic (exact) mass is 498 g/mol. The number of rotatable bonds is 8. The Kier molecular flexibility index (Phi) is 5.94. The van der Waals surface area contributed by atoms with Gasteiger partial charge in [0.2, 0.25) is 0 Å². The van der Waals surface area contributed by atoms with Crippen LogP contribution in [0.15, 0.2) is 42.6 Å². The van der Waals surface area contributed by atoms with Crippen LogP contribution >= 0.6 is 11.6 Å². The van der Waals surface area contributed by atoms with Crippen molar-refractivity contribution in [1.29, 1.82) is 0 Å². The zero-order chi connectivity index (χ0) is 24.9.